The van der Waals surface area contributed by atoms with Crippen LogP contribution in [-0.2, 0) is 5.41 Å². The lowest BCUT2D eigenvalue weighted by atomic mass is 9.81. The lowest BCUT2D eigenvalue weighted by Crippen LogP contribution is -2.18. The molecule has 0 aliphatic heterocycles. The quantitative estimate of drug-likeness (QED) is 0.170. The second-order valence-electron chi connectivity index (χ2n) is 15.7. The average Bonchev–Trinajstić information content (AvgIpc) is 3.75. The Morgan fingerprint density at radius 3 is 1.62 bits per heavy atom. The Morgan fingerprint density at radius 2 is 0.862 bits per heavy atom. The zero-order valence-corrected chi connectivity index (χ0v) is 32.3. The molecule has 0 fully saturated rings. The van der Waals surface area contributed by atoms with Crippen molar-refractivity contribution in [3.8, 4) is 73.2 Å². The standard InChI is InChI=1S/C54H38N4/c1-54(2)46-24-11-9-21-42(46)45-23-14-26-48(50(45)54)58-47-25-12-10-22-43(47)44-32-31-41(34-49(44)58)53-56-51(38-17-7-4-8-18-38)55-52(57-53)40-20-13-19-39(33-40)37-29-27-36(28-30-37)35-15-5-3-6-16-35/h3-34H,1-2H3. The van der Waals surface area contributed by atoms with Crippen molar-refractivity contribution >= 4 is 21.8 Å². The lowest BCUT2D eigenvalue weighted by Gasteiger charge is -2.25. The molecule has 10 aromatic rings. The van der Waals surface area contributed by atoms with Crippen molar-refractivity contribution in [1.29, 1.82) is 0 Å². The molecule has 274 valence electrons. The first-order valence-electron chi connectivity index (χ1n) is 19.9. The molecule has 0 unspecified atom stereocenters. The van der Waals surface area contributed by atoms with Crippen molar-refractivity contribution in [2.45, 2.75) is 19.3 Å². The monoisotopic (exact) mass is 742 g/mol. The molecule has 11 rings (SSSR count). The maximum atomic E-state index is 5.23. The van der Waals surface area contributed by atoms with Crippen LogP contribution in [0.25, 0.3) is 95.0 Å². The molecule has 58 heavy (non-hydrogen) atoms. The zero-order valence-electron chi connectivity index (χ0n) is 32.3. The third-order valence-corrected chi connectivity index (χ3v) is 11.8. The fraction of sp³-hybridized carbons (Fsp3) is 0.0556. The summed E-state index contributed by atoms with van der Waals surface area (Å²) in [6.45, 7) is 4.71. The second-order valence-corrected chi connectivity index (χ2v) is 15.7. The Bertz CT molecular complexity index is 3180. The van der Waals surface area contributed by atoms with E-state index >= 15 is 0 Å². The van der Waals surface area contributed by atoms with Crippen molar-refractivity contribution in [1.82, 2.24) is 19.5 Å². The van der Waals surface area contributed by atoms with Gasteiger partial charge in [-0.2, -0.15) is 0 Å². The van der Waals surface area contributed by atoms with Gasteiger partial charge >= 0.3 is 0 Å². The molecule has 2 heterocycles. The second kappa shape index (κ2) is 13.4. The fourth-order valence-electron chi connectivity index (χ4n) is 9.05. The highest BCUT2D eigenvalue weighted by Gasteiger charge is 2.38. The van der Waals surface area contributed by atoms with Gasteiger partial charge in [-0.3, -0.25) is 0 Å². The molecule has 4 heteroatoms. The molecule has 0 atom stereocenters. The van der Waals surface area contributed by atoms with Crippen molar-refractivity contribution in [2.24, 2.45) is 0 Å². The summed E-state index contributed by atoms with van der Waals surface area (Å²) in [5.41, 5.74) is 16.0. The molecule has 4 nitrogen and oxygen atoms in total. The van der Waals surface area contributed by atoms with E-state index in [-0.39, 0.29) is 5.41 Å². The predicted octanol–water partition coefficient (Wildman–Crippen LogP) is 13.6. The van der Waals surface area contributed by atoms with Crippen molar-refractivity contribution in [3.63, 3.8) is 0 Å². The molecular formula is C54H38N4. The average molecular weight is 743 g/mol. The third kappa shape index (κ3) is 5.48. The van der Waals surface area contributed by atoms with E-state index in [1.165, 1.54) is 55.4 Å². The summed E-state index contributed by atoms with van der Waals surface area (Å²) in [7, 11) is 0. The van der Waals surface area contributed by atoms with Crippen molar-refractivity contribution < 1.29 is 0 Å². The van der Waals surface area contributed by atoms with E-state index in [1.54, 1.807) is 0 Å². The molecule has 0 amide bonds. The molecule has 8 aromatic carbocycles. The van der Waals surface area contributed by atoms with Gasteiger partial charge in [-0.25, -0.2) is 15.0 Å². The van der Waals surface area contributed by atoms with E-state index < -0.39 is 0 Å². The minimum absolute atomic E-state index is 0.177. The first-order chi connectivity index (χ1) is 28.5. The van der Waals surface area contributed by atoms with Crippen LogP contribution in [0.3, 0.4) is 0 Å². The van der Waals surface area contributed by atoms with Crippen LogP contribution in [-0.4, -0.2) is 19.5 Å². The van der Waals surface area contributed by atoms with Gasteiger partial charge in [0, 0.05) is 32.9 Å². The van der Waals surface area contributed by atoms with Crippen LogP contribution < -0.4 is 0 Å². The largest absolute Gasteiger partial charge is 0.309 e. The summed E-state index contributed by atoms with van der Waals surface area (Å²) in [5, 5.41) is 2.40. The smallest absolute Gasteiger partial charge is 0.164 e. The minimum atomic E-state index is -0.177. The molecule has 0 saturated heterocycles. The Balaban J connectivity index is 1.07. The van der Waals surface area contributed by atoms with Crippen LogP contribution >= 0.6 is 0 Å². The Labute approximate surface area is 337 Å². The summed E-state index contributed by atoms with van der Waals surface area (Å²) in [6.07, 6.45) is 0. The van der Waals surface area contributed by atoms with E-state index in [2.05, 4.69) is 188 Å². The number of hydrogen-bond acceptors (Lipinski definition) is 3. The Kier molecular flexibility index (Phi) is 7.80. The molecule has 0 radical (unpaired) electrons. The summed E-state index contributed by atoms with van der Waals surface area (Å²) in [4.78, 5) is 15.5. The fourth-order valence-corrected chi connectivity index (χ4v) is 9.05. The summed E-state index contributed by atoms with van der Waals surface area (Å²) in [5.74, 6) is 1.90. The molecule has 0 saturated carbocycles. The molecule has 1 aliphatic carbocycles. The first kappa shape index (κ1) is 33.9. The SMILES string of the molecule is CC1(C)c2ccccc2-c2cccc(-n3c4ccccc4c4ccc(-c5nc(-c6ccccc6)nc(-c6cccc(-c7ccc(-c8ccccc8)cc7)c6)n5)cc43)c21. The summed E-state index contributed by atoms with van der Waals surface area (Å²) in [6, 6.07) is 68.9. The highest BCUT2D eigenvalue weighted by atomic mass is 15.0. The molecule has 2 aromatic heterocycles. The molecule has 0 N–H and O–H groups in total. The van der Waals surface area contributed by atoms with Crippen LogP contribution in [0.2, 0.25) is 0 Å². The van der Waals surface area contributed by atoms with Crippen LogP contribution in [0.5, 0.6) is 0 Å². The highest BCUT2D eigenvalue weighted by molar-refractivity contribution is 6.10. The van der Waals surface area contributed by atoms with Gasteiger partial charge < -0.3 is 4.57 Å². The zero-order chi connectivity index (χ0) is 38.8. The number of aromatic nitrogens is 4. The maximum absolute atomic E-state index is 5.23. The van der Waals surface area contributed by atoms with Gasteiger partial charge in [0.1, 0.15) is 0 Å². The van der Waals surface area contributed by atoms with Crippen LogP contribution in [0.4, 0.5) is 0 Å². The number of nitrogens with zero attached hydrogens (tertiary/aromatic N) is 4. The number of hydrogen-bond donors (Lipinski definition) is 0. The highest BCUT2D eigenvalue weighted by Crippen LogP contribution is 2.51. The number of para-hydroxylation sites is 1. The Hall–Kier alpha value is -7.43. The van der Waals surface area contributed by atoms with Crippen LogP contribution in [0.1, 0.15) is 25.0 Å². The first-order valence-corrected chi connectivity index (χ1v) is 19.9. The van der Waals surface area contributed by atoms with E-state index in [1.807, 2.05) is 24.3 Å². The van der Waals surface area contributed by atoms with E-state index in [0.29, 0.717) is 17.5 Å². The van der Waals surface area contributed by atoms with E-state index in [0.717, 1.165) is 33.3 Å². The number of rotatable bonds is 6. The van der Waals surface area contributed by atoms with Gasteiger partial charge in [-0.05, 0) is 68.8 Å². The predicted molar refractivity (Wildman–Crippen MR) is 239 cm³/mol. The number of fused-ring (bicyclic) bond motifs is 6. The number of benzene rings is 8. The van der Waals surface area contributed by atoms with Crippen molar-refractivity contribution in [2.75, 3.05) is 0 Å². The van der Waals surface area contributed by atoms with Gasteiger partial charge in [-0.1, -0.05) is 184 Å². The molecule has 0 bridgehead atoms. The van der Waals surface area contributed by atoms with Gasteiger partial charge in [0.15, 0.2) is 17.5 Å². The normalized spacial score (nSPS) is 12.8. The van der Waals surface area contributed by atoms with Gasteiger partial charge in [0.25, 0.3) is 0 Å². The van der Waals surface area contributed by atoms with Gasteiger partial charge in [0.05, 0.1) is 16.7 Å². The summed E-state index contributed by atoms with van der Waals surface area (Å²) >= 11 is 0. The van der Waals surface area contributed by atoms with Crippen LogP contribution in [0, 0.1) is 0 Å². The van der Waals surface area contributed by atoms with E-state index in [4.69, 9.17) is 15.0 Å². The maximum Gasteiger partial charge on any atom is 0.164 e. The lowest BCUT2D eigenvalue weighted by molar-refractivity contribution is 0.656. The molecule has 1 aliphatic rings. The van der Waals surface area contributed by atoms with Crippen LogP contribution in [0.15, 0.2) is 194 Å². The third-order valence-electron chi connectivity index (χ3n) is 11.8. The van der Waals surface area contributed by atoms with E-state index in [9.17, 15) is 0 Å². The molecule has 0 spiro atoms. The molecular weight excluding hydrogens is 705 g/mol. The van der Waals surface area contributed by atoms with Crippen molar-refractivity contribution in [3.05, 3.63) is 205 Å². The summed E-state index contributed by atoms with van der Waals surface area (Å²) < 4.78 is 2.45. The van der Waals surface area contributed by atoms with Gasteiger partial charge in [0.2, 0.25) is 0 Å². The Morgan fingerprint density at radius 1 is 0.362 bits per heavy atom. The topological polar surface area (TPSA) is 43.6 Å². The van der Waals surface area contributed by atoms with Gasteiger partial charge in [-0.15, -0.1) is 0 Å². The minimum Gasteiger partial charge on any atom is -0.309 e.